The highest BCUT2D eigenvalue weighted by atomic mass is 15.1. The third kappa shape index (κ3) is 3.69. The van der Waals surface area contributed by atoms with Crippen molar-refractivity contribution in [1.29, 1.82) is 0 Å². The predicted molar refractivity (Wildman–Crippen MR) is 71.2 cm³/mol. The molecule has 16 heavy (non-hydrogen) atoms. The number of aryl methyl sites for hydroxylation is 1. The molecule has 0 atom stereocenters. The number of hydrogen-bond acceptors (Lipinski definition) is 1. The van der Waals surface area contributed by atoms with Gasteiger partial charge in [-0.3, -0.25) is 4.99 Å². The molecule has 0 radical (unpaired) electrons. The Morgan fingerprint density at radius 3 is 2.31 bits per heavy atom. The standard InChI is InChI=1S/C14H22N2/c1-5-6-11-15-14(16(3)4)13-9-7-12(2)8-10-13/h7-10H,5-6,11H2,1-4H3. The van der Waals surface area contributed by atoms with Gasteiger partial charge in [0.05, 0.1) is 0 Å². The lowest BCUT2D eigenvalue weighted by Gasteiger charge is -2.16. The summed E-state index contributed by atoms with van der Waals surface area (Å²) in [5.74, 6) is 1.08. The quantitative estimate of drug-likeness (QED) is 0.431. The van der Waals surface area contributed by atoms with Crippen LogP contribution in [0.15, 0.2) is 29.3 Å². The Hall–Kier alpha value is -1.31. The molecule has 0 aliphatic heterocycles. The molecule has 0 saturated carbocycles. The second kappa shape index (κ2) is 6.31. The van der Waals surface area contributed by atoms with Crippen molar-refractivity contribution in [2.75, 3.05) is 20.6 Å². The third-order valence-electron chi connectivity index (χ3n) is 2.51. The molecule has 0 fully saturated rings. The Balaban J connectivity index is 2.85. The Bertz CT molecular complexity index is 336. The summed E-state index contributed by atoms with van der Waals surface area (Å²) >= 11 is 0. The molecule has 0 saturated heterocycles. The van der Waals surface area contributed by atoms with E-state index in [1.807, 2.05) is 14.1 Å². The largest absolute Gasteiger partial charge is 0.363 e. The van der Waals surface area contributed by atoms with Gasteiger partial charge in [0.25, 0.3) is 0 Å². The predicted octanol–water partition coefficient (Wildman–Crippen LogP) is 3.10. The molecule has 0 aromatic heterocycles. The van der Waals surface area contributed by atoms with E-state index in [9.17, 15) is 0 Å². The van der Waals surface area contributed by atoms with Crippen molar-refractivity contribution in [3.05, 3.63) is 35.4 Å². The van der Waals surface area contributed by atoms with Crippen molar-refractivity contribution in [3.63, 3.8) is 0 Å². The molecular weight excluding hydrogens is 196 g/mol. The first kappa shape index (κ1) is 12.8. The molecule has 0 amide bonds. The van der Waals surface area contributed by atoms with Crippen LogP contribution in [0.5, 0.6) is 0 Å². The first-order valence-electron chi connectivity index (χ1n) is 5.94. The van der Waals surface area contributed by atoms with Crippen molar-refractivity contribution in [2.45, 2.75) is 26.7 Å². The van der Waals surface area contributed by atoms with Crippen LogP contribution in [0.3, 0.4) is 0 Å². The minimum Gasteiger partial charge on any atom is -0.363 e. The highest BCUT2D eigenvalue weighted by molar-refractivity contribution is 5.98. The van der Waals surface area contributed by atoms with Crippen LogP contribution in [0, 0.1) is 6.92 Å². The van der Waals surface area contributed by atoms with E-state index in [0.717, 1.165) is 18.8 Å². The first-order valence-corrected chi connectivity index (χ1v) is 5.94. The van der Waals surface area contributed by atoms with Gasteiger partial charge >= 0.3 is 0 Å². The fourth-order valence-electron chi connectivity index (χ4n) is 1.54. The van der Waals surface area contributed by atoms with Crippen LogP contribution in [0.1, 0.15) is 30.9 Å². The number of hydrogen-bond donors (Lipinski definition) is 0. The maximum absolute atomic E-state index is 4.66. The molecule has 1 aromatic carbocycles. The Morgan fingerprint density at radius 2 is 1.81 bits per heavy atom. The van der Waals surface area contributed by atoms with Crippen LogP contribution in [0.25, 0.3) is 0 Å². The summed E-state index contributed by atoms with van der Waals surface area (Å²) in [6.07, 6.45) is 2.35. The maximum atomic E-state index is 4.66. The van der Waals surface area contributed by atoms with Crippen LogP contribution >= 0.6 is 0 Å². The van der Waals surface area contributed by atoms with Gasteiger partial charge in [-0.1, -0.05) is 43.2 Å². The van der Waals surface area contributed by atoms with Gasteiger partial charge < -0.3 is 4.90 Å². The summed E-state index contributed by atoms with van der Waals surface area (Å²) in [5, 5.41) is 0. The van der Waals surface area contributed by atoms with Crippen molar-refractivity contribution in [2.24, 2.45) is 4.99 Å². The minimum atomic E-state index is 0.915. The van der Waals surface area contributed by atoms with Crippen LogP contribution in [0.2, 0.25) is 0 Å². The Labute approximate surface area is 99.0 Å². The van der Waals surface area contributed by atoms with Crippen molar-refractivity contribution >= 4 is 5.84 Å². The maximum Gasteiger partial charge on any atom is 0.130 e. The number of rotatable bonds is 4. The Kier molecular flexibility index (Phi) is 5.03. The van der Waals surface area contributed by atoms with Gasteiger partial charge in [-0.15, -0.1) is 0 Å². The molecule has 0 aliphatic carbocycles. The van der Waals surface area contributed by atoms with Gasteiger partial charge in [0.15, 0.2) is 0 Å². The molecule has 1 rings (SSSR count). The summed E-state index contributed by atoms with van der Waals surface area (Å²) in [4.78, 5) is 6.74. The summed E-state index contributed by atoms with van der Waals surface area (Å²) in [7, 11) is 4.09. The molecule has 1 aromatic rings. The second-order valence-corrected chi connectivity index (χ2v) is 4.32. The van der Waals surface area contributed by atoms with Gasteiger partial charge in [0.1, 0.15) is 5.84 Å². The molecular formula is C14H22N2. The van der Waals surface area contributed by atoms with Gasteiger partial charge in [-0.2, -0.15) is 0 Å². The van der Waals surface area contributed by atoms with E-state index >= 15 is 0 Å². The lowest BCUT2D eigenvalue weighted by atomic mass is 10.1. The van der Waals surface area contributed by atoms with E-state index in [2.05, 4.69) is 48.0 Å². The molecule has 0 spiro atoms. The van der Waals surface area contributed by atoms with E-state index in [-0.39, 0.29) is 0 Å². The second-order valence-electron chi connectivity index (χ2n) is 4.32. The number of amidine groups is 1. The topological polar surface area (TPSA) is 15.6 Å². The number of benzene rings is 1. The molecule has 0 unspecified atom stereocenters. The van der Waals surface area contributed by atoms with Gasteiger partial charge in [-0.25, -0.2) is 0 Å². The smallest absolute Gasteiger partial charge is 0.130 e. The molecule has 0 heterocycles. The summed E-state index contributed by atoms with van der Waals surface area (Å²) in [6, 6.07) is 8.54. The zero-order valence-electron chi connectivity index (χ0n) is 10.8. The van der Waals surface area contributed by atoms with Crippen molar-refractivity contribution < 1.29 is 0 Å². The minimum absolute atomic E-state index is 0.915. The fraction of sp³-hybridized carbons (Fsp3) is 0.500. The van der Waals surface area contributed by atoms with E-state index in [0.29, 0.717) is 0 Å². The van der Waals surface area contributed by atoms with Gasteiger partial charge in [0, 0.05) is 26.2 Å². The first-order chi connectivity index (χ1) is 7.65. The monoisotopic (exact) mass is 218 g/mol. The third-order valence-corrected chi connectivity index (χ3v) is 2.51. The zero-order valence-corrected chi connectivity index (χ0v) is 10.8. The lowest BCUT2D eigenvalue weighted by Crippen LogP contribution is -2.23. The molecule has 0 aliphatic rings. The van der Waals surface area contributed by atoms with Gasteiger partial charge in [0.2, 0.25) is 0 Å². The average Bonchev–Trinajstić information content (AvgIpc) is 2.26. The molecule has 88 valence electrons. The average molecular weight is 218 g/mol. The summed E-state index contributed by atoms with van der Waals surface area (Å²) < 4.78 is 0. The van der Waals surface area contributed by atoms with E-state index in [1.54, 1.807) is 0 Å². The van der Waals surface area contributed by atoms with Crippen LogP contribution in [-0.4, -0.2) is 31.4 Å². The van der Waals surface area contributed by atoms with Crippen LogP contribution < -0.4 is 0 Å². The fourth-order valence-corrected chi connectivity index (χ4v) is 1.54. The van der Waals surface area contributed by atoms with Crippen molar-refractivity contribution in [1.82, 2.24) is 4.90 Å². The molecule has 0 bridgehead atoms. The SMILES string of the molecule is CCCCN=C(c1ccc(C)cc1)N(C)C. The molecule has 2 nitrogen and oxygen atoms in total. The molecule has 0 N–H and O–H groups in total. The van der Waals surface area contributed by atoms with Crippen LogP contribution in [0.4, 0.5) is 0 Å². The van der Waals surface area contributed by atoms with Crippen LogP contribution in [-0.2, 0) is 0 Å². The van der Waals surface area contributed by atoms with Crippen molar-refractivity contribution in [3.8, 4) is 0 Å². The van der Waals surface area contributed by atoms with E-state index < -0.39 is 0 Å². The number of nitrogens with zero attached hydrogens (tertiary/aromatic N) is 2. The van der Waals surface area contributed by atoms with E-state index in [1.165, 1.54) is 17.5 Å². The van der Waals surface area contributed by atoms with E-state index in [4.69, 9.17) is 0 Å². The summed E-state index contributed by atoms with van der Waals surface area (Å²) in [5.41, 5.74) is 2.49. The lowest BCUT2D eigenvalue weighted by molar-refractivity contribution is 0.616. The summed E-state index contributed by atoms with van der Waals surface area (Å²) in [6.45, 7) is 5.21. The highest BCUT2D eigenvalue weighted by Crippen LogP contribution is 2.07. The zero-order chi connectivity index (χ0) is 12.0. The molecule has 2 heteroatoms. The number of unbranched alkanes of at least 4 members (excludes halogenated alkanes) is 1. The Morgan fingerprint density at radius 1 is 1.19 bits per heavy atom. The normalized spacial score (nSPS) is 11.6. The van der Waals surface area contributed by atoms with Gasteiger partial charge in [-0.05, 0) is 13.3 Å². The highest BCUT2D eigenvalue weighted by Gasteiger charge is 2.04. The number of aliphatic imine (C=N–C) groups is 1.